The highest BCUT2D eigenvalue weighted by atomic mass is 32.2. The standard InChI is InChI=1S/C26H25N3O3S.C25H35N3OS.C22H27N3O3S.C19H22N2O3S.C17H18N2OS/c30-26(29-20-5-1-3-7-24(20)33-25-8-4-2-6-21(25)29)17-28-13-11-27(12-14-28)16-19-9-10-22-23(15-19)32-18-31-22;1-3-17-29-18-16-26-12-14-27(15-13-26)19-21(2)20-28-22-8-4-6-10-24(22)30-25-11-7-5-9-23(25)28;1-4-24(5-2)14-13-21(26)25-17-9-7-8-10-19(17)29-20-12-11-16(15-18(20)25)23-22(27)28-6-3;1-20(2)11-12-23-13-14-24-19(22)21-15-7-3-5-9-17(15)25-18-10-6-4-8-16(18)21;1-12(18(2)3)17(20)19-13-8-4-6-10-15(13)21-16-11-7-5-9-14(16)19/h1-10,15H,11-14,16-18H2;4-11,21H,3,12-20H2,1-2H3;7-12,15H,4-6,13-14H2,1-3H3,(H,23,27);3-10H,11-14H2,1-2H3;4-12H,1-3H3. The molecule has 8 aliphatic rings. The molecule has 5 amide bonds. The number of nitrogens with zero attached hydrogens (tertiary/aromatic N) is 12. The molecule has 19 rings (SSSR count). The van der Waals surface area contributed by atoms with Gasteiger partial charge in [0.1, 0.15) is 6.61 Å². The fourth-order valence-electron chi connectivity index (χ4n) is 17.2. The van der Waals surface area contributed by atoms with Gasteiger partial charge >= 0.3 is 12.2 Å². The summed E-state index contributed by atoms with van der Waals surface area (Å²) in [5.41, 5.74) is 11.8. The van der Waals surface area contributed by atoms with Crippen LogP contribution in [-0.4, -0.2) is 250 Å². The fourth-order valence-corrected chi connectivity index (χ4v) is 22.5. The number of benzene rings is 11. The number of hydrogen-bond donors (Lipinski definition) is 1. The molecule has 138 heavy (non-hydrogen) atoms. The average molecular weight is 1960 g/mol. The molecule has 0 aromatic heterocycles. The van der Waals surface area contributed by atoms with Crippen molar-refractivity contribution in [2.45, 2.75) is 116 Å². The summed E-state index contributed by atoms with van der Waals surface area (Å²) in [7, 11) is 7.84. The summed E-state index contributed by atoms with van der Waals surface area (Å²) >= 11 is 8.62. The summed E-state index contributed by atoms with van der Waals surface area (Å²) < 4.78 is 32.5. The third kappa shape index (κ3) is 26.2. The number of anilines is 11. The van der Waals surface area contributed by atoms with Crippen LogP contribution < -0.4 is 39.3 Å². The van der Waals surface area contributed by atoms with Gasteiger partial charge in [0.2, 0.25) is 24.5 Å². The molecule has 0 radical (unpaired) electrons. The van der Waals surface area contributed by atoms with Gasteiger partial charge in [-0.2, -0.15) is 0 Å². The van der Waals surface area contributed by atoms with Crippen LogP contribution in [0.2, 0.25) is 0 Å². The van der Waals surface area contributed by atoms with Crippen LogP contribution in [0, 0.1) is 5.92 Å². The van der Waals surface area contributed by atoms with Crippen LogP contribution in [0.4, 0.5) is 72.2 Å². The number of hydrogen-bond acceptors (Lipinski definition) is 24. The molecular formula is C109H127N13O11S5. The van der Waals surface area contributed by atoms with E-state index < -0.39 is 6.09 Å². The zero-order valence-electron chi connectivity index (χ0n) is 80.7. The second-order valence-corrected chi connectivity index (χ2v) is 40.3. The van der Waals surface area contributed by atoms with E-state index in [9.17, 15) is 24.0 Å². The highest BCUT2D eigenvalue weighted by molar-refractivity contribution is 8.00. The predicted molar refractivity (Wildman–Crippen MR) is 560 cm³/mol. The van der Waals surface area contributed by atoms with Crippen molar-refractivity contribution in [1.29, 1.82) is 0 Å². The van der Waals surface area contributed by atoms with Crippen molar-refractivity contribution in [3.05, 3.63) is 260 Å². The van der Waals surface area contributed by atoms with Crippen LogP contribution in [0.15, 0.2) is 304 Å². The van der Waals surface area contributed by atoms with Gasteiger partial charge in [-0.15, -0.1) is 0 Å². The van der Waals surface area contributed by atoms with Crippen LogP contribution in [-0.2, 0) is 39.9 Å². The number of likely N-dealkylation sites (N-methyl/N-ethyl adjacent to an activating group) is 2. The molecule has 2 atom stereocenters. The van der Waals surface area contributed by atoms with Gasteiger partial charge in [-0.3, -0.25) is 54.0 Å². The van der Waals surface area contributed by atoms with Gasteiger partial charge in [-0.25, -0.2) is 14.5 Å². The number of carbonyl (C=O) groups excluding carboxylic acids is 5. The lowest BCUT2D eigenvalue weighted by molar-refractivity contribution is -0.122. The molecule has 0 spiro atoms. The van der Waals surface area contributed by atoms with E-state index in [1.807, 2.05) is 236 Å². The summed E-state index contributed by atoms with van der Waals surface area (Å²) in [6, 6.07) is 85.3. The number of fused-ring (bicyclic) bond motifs is 11. The summed E-state index contributed by atoms with van der Waals surface area (Å²) in [6.45, 7) is 32.3. The van der Waals surface area contributed by atoms with Crippen molar-refractivity contribution in [1.82, 2.24) is 34.3 Å². The molecule has 11 aromatic carbocycles. The largest absolute Gasteiger partial charge is 0.454 e. The third-order valence-electron chi connectivity index (χ3n) is 24.7. The predicted octanol–water partition coefficient (Wildman–Crippen LogP) is 22.2. The number of piperazine rings is 2. The monoisotopic (exact) mass is 1950 g/mol. The molecule has 0 bridgehead atoms. The Morgan fingerprint density at radius 1 is 0.399 bits per heavy atom. The lowest BCUT2D eigenvalue weighted by Gasteiger charge is -2.38. The molecule has 2 saturated heterocycles. The van der Waals surface area contributed by atoms with Gasteiger partial charge in [-0.1, -0.05) is 202 Å². The molecule has 724 valence electrons. The third-order valence-corrected chi connectivity index (χ3v) is 30.3. The highest BCUT2D eigenvalue weighted by Crippen LogP contribution is 2.54. The molecule has 8 aliphatic heterocycles. The summed E-state index contributed by atoms with van der Waals surface area (Å²) in [5, 5.41) is 2.73. The first-order valence-electron chi connectivity index (χ1n) is 47.8. The Morgan fingerprint density at radius 2 is 0.826 bits per heavy atom. The maximum atomic E-state index is 13.5. The SMILES string of the molecule is CC(C(=O)N1c2ccccc2Sc2ccccc21)N(C)C.CCCOCCN1CCN(CC(C)CN2c3ccccc3Sc3ccccc32)CC1.CCOC(=O)Nc1ccc2c(c1)N(C(=O)CCN(CC)CC)c1ccccc1S2.CN(C)CCOCCOC(=O)N1c2ccccc2Sc2ccccc21.O=C(CN1CCN(Cc2ccc3c(c2)OCO3)CC1)N1c2ccccc2Sc2ccccc21. The normalized spacial score (nSPS) is 15.2. The first kappa shape index (κ1) is 102. The van der Waals surface area contributed by atoms with Gasteiger partial charge in [-0.05, 0) is 213 Å². The van der Waals surface area contributed by atoms with E-state index in [-0.39, 0.29) is 36.5 Å². The second-order valence-electron chi connectivity index (χ2n) is 34.9. The van der Waals surface area contributed by atoms with Crippen LogP contribution in [0.25, 0.3) is 0 Å². The number of amides is 5. The molecule has 24 nitrogen and oxygen atoms in total. The quantitative estimate of drug-likeness (QED) is 0.0455. The minimum absolute atomic E-state index is 0.0409. The van der Waals surface area contributed by atoms with Crippen molar-refractivity contribution in [2.75, 3.05) is 209 Å². The molecule has 11 aromatic rings. The van der Waals surface area contributed by atoms with Crippen LogP contribution in [0.3, 0.4) is 0 Å². The first-order valence-corrected chi connectivity index (χ1v) is 51.9. The Morgan fingerprint density at radius 3 is 1.30 bits per heavy atom. The highest BCUT2D eigenvalue weighted by Gasteiger charge is 2.36. The maximum absolute atomic E-state index is 13.5. The van der Waals surface area contributed by atoms with Crippen molar-refractivity contribution in [3.8, 4) is 11.5 Å². The minimum Gasteiger partial charge on any atom is -0.454 e. The Labute approximate surface area is 834 Å². The molecule has 8 heterocycles. The van der Waals surface area contributed by atoms with E-state index in [2.05, 4.69) is 147 Å². The smallest absolute Gasteiger partial charge is 0.419 e. The second kappa shape index (κ2) is 50.3. The zero-order chi connectivity index (χ0) is 96.4. The van der Waals surface area contributed by atoms with Gasteiger partial charge in [0.15, 0.2) is 11.5 Å². The van der Waals surface area contributed by atoms with E-state index >= 15 is 0 Å². The molecule has 2 fully saturated rings. The fraction of sp³-hybridized carbons (Fsp3) is 0.349. The molecular weight excluding hydrogens is 1830 g/mol. The van der Waals surface area contributed by atoms with Crippen molar-refractivity contribution in [2.24, 2.45) is 5.92 Å². The maximum Gasteiger partial charge on any atom is 0.419 e. The lowest BCUT2D eigenvalue weighted by atomic mass is 10.1. The Balaban J connectivity index is 0.000000132. The number of nitrogens with one attached hydrogen (secondary N) is 1. The van der Waals surface area contributed by atoms with Crippen molar-refractivity contribution >= 4 is 151 Å². The van der Waals surface area contributed by atoms with E-state index in [0.29, 0.717) is 57.7 Å². The topological polar surface area (TPSA) is 192 Å². The number of ether oxygens (including phenoxy) is 6. The van der Waals surface area contributed by atoms with Crippen LogP contribution >= 0.6 is 58.8 Å². The van der Waals surface area contributed by atoms with E-state index in [0.717, 1.165) is 201 Å². The van der Waals surface area contributed by atoms with Crippen LogP contribution in [0.1, 0.15) is 59.9 Å². The Bertz CT molecular complexity index is 5760. The number of para-hydroxylation sites is 9. The summed E-state index contributed by atoms with van der Waals surface area (Å²) in [6.07, 6.45) is 0.651. The first-order chi connectivity index (χ1) is 67.3. The van der Waals surface area contributed by atoms with Crippen LogP contribution in [0.5, 0.6) is 11.5 Å². The van der Waals surface area contributed by atoms with Gasteiger partial charge < -0.3 is 48.0 Å². The zero-order valence-corrected chi connectivity index (χ0v) is 84.8. The molecule has 29 heteroatoms. The van der Waals surface area contributed by atoms with Crippen molar-refractivity contribution in [3.63, 3.8) is 0 Å². The molecule has 1 N–H and O–H groups in total. The number of rotatable bonds is 28. The van der Waals surface area contributed by atoms with E-state index in [4.69, 9.17) is 28.4 Å². The van der Waals surface area contributed by atoms with Gasteiger partial charge in [0.05, 0.1) is 95.9 Å². The van der Waals surface area contributed by atoms with Crippen molar-refractivity contribution < 1.29 is 52.4 Å². The van der Waals surface area contributed by atoms with Gasteiger partial charge in [0, 0.05) is 159 Å². The molecule has 2 unspecified atom stereocenters. The van der Waals surface area contributed by atoms with Gasteiger partial charge in [0.25, 0.3) is 0 Å². The lowest BCUT2D eigenvalue weighted by Crippen LogP contribution is -2.49. The number of carbonyl (C=O) groups is 5. The minimum atomic E-state index is -0.504. The molecule has 0 saturated carbocycles. The van der Waals surface area contributed by atoms with E-state index in [1.165, 1.54) is 39.8 Å². The Kier molecular flexibility index (Phi) is 37.0. The summed E-state index contributed by atoms with van der Waals surface area (Å²) in [5.74, 6) is 2.52. The average Bonchev–Trinajstić information content (AvgIpc) is 0.993. The molecule has 0 aliphatic carbocycles. The summed E-state index contributed by atoms with van der Waals surface area (Å²) in [4.78, 5) is 101. The Hall–Kier alpha value is -10.8. The van der Waals surface area contributed by atoms with E-state index in [1.54, 1.807) is 63.8 Å².